The van der Waals surface area contributed by atoms with Gasteiger partial charge in [-0.2, -0.15) is 4.98 Å². The molecule has 7 heteroatoms. The van der Waals surface area contributed by atoms with Crippen LogP contribution in [0.25, 0.3) is 0 Å². The predicted octanol–water partition coefficient (Wildman–Crippen LogP) is 0.566. The smallest absolute Gasteiger partial charge is 0.292 e. The fraction of sp³-hybridized carbons (Fsp3) is 0.786. The van der Waals surface area contributed by atoms with Crippen molar-refractivity contribution in [3.63, 3.8) is 0 Å². The van der Waals surface area contributed by atoms with E-state index in [1.54, 1.807) is 0 Å². The van der Waals surface area contributed by atoms with Gasteiger partial charge < -0.3 is 20.1 Å². The number of rotatable bonds is 4. The summed E-state index contributed by atoms with van der Waals surface area (Å²) in [6.07, 6.45) is 4.44. The maximum atomic E-state index is 12.1. The van der Waals surface area contributed by atoms with Gasteiger partial charge in [0.05, 0.1) is 6.04 Å². The number of hydrogen-bond donors (Lipinski definition) is 2. The number of piperidine rings is 1. The molecule has 2 saturated heterocycles. The van der Waals surface area contributed by atoms with E-state index in [9.17, 15) is 4.79 Å². The van der Waals surface area contributed by atoms with Gasteiger partial charge in [0.1, 0.15) is 0 Å². The van der Waals surface area contributed by atoms with Crippen molar-refractivity contribution in [1.29, 1.82) is 0 Å². The topological polar surface area (TPSA) is 83.3 Å². The second-order valence-corrected chi connectivity index (χ2v) is 6.09. The first-order chi connectivity index (χ1) is 10.2. The molecule has 2 aliphatic heterocycles. The van der Waals surface area contributed by atoms with Crippen molar-refractivity contribution in [3.8, 4) is 0 Å². The Balaban J connectivity index is 1.50. The lowest BCUT2D eigenvalue weighted by molar-refractivity contribution is 0.0923. The summed E-state index contributed by atoms with van der Waals surface area (Å²) in [6.45, 7) is 3.81. The molecule has 21 heavy (non-hydrogen) atoms. The Labute approximate surface area is 124 Å². The number of amides is 1. The Hall–Kier alpha value is -1.47. The lowest BCUT2D eigenvalue weighted by atomic mass is 9.98. The first-order valence-electron chi connectivity index (χ1n) is 7.76. The molecular weight excluding hydrogens is 270 g/mol. The largest absolute Gasteiger partial charge is 0.349 e. The van der Waals surface area contributed by atoms with Crippen molar-refractivity contribution >= 4 is 5.91 Å². The molecule has 1 aromatic heterocycles. The normalized spacial score (nSPS) is 26.9. The van der Waals surface area contributed by atoms with Gasteiger partial charge in [-0.1, -0.05) is 5.16 Å². The van der Waals surface area contributed by atoms with Gasteiger partial charge in [-0.15, -0.1) is 0 Å². The summed E-state index contributed by atoms with van der Waals surface area (Å²) in [7, 11) is 2.12. The van der Waals surface area contributed by atoms with Gasteiger partial charge in [0, 0.05) is 13.1 Å². The van der Waals surface area contributed by atoms with Crippen LogP contribution in [0, 0.1) is 5.92 Å². The standard InChI is InChI=1S/C14H23N5O2/c1-19-7-3-4-10(9-19)8-16-13(20)12-17-14(21-18-12)11-5-2-6-15-11/h10-11,15H,2-9H2,1H3,(H,16,20). The molecule has 1 amide bonds. The number of nitrogens with zero attached hydrogens (tertiary/aromatic N) is 3. The van der Waals surface area contributed by atoms with E-state index >= 15 is 0 Å². The van der Waals surface area contributed by atoms with Crippen molar-refractivity contribution < 1.29 is 9.32 Å². The molecule has 0 spiro atoms. The first-order valence-corrected chi connectivity index (χ1v) is 7.76. The third-order valence-corrected chi connectivity index (χ3v) is 4.28. The zero-order chi connectivity index (χ0) is 14.7. The van der Waals surface area contributed by atoms with E-state index in [-0.39, 0.29) is 17.8 Å². The van der Waals surface area contributed by atoms with Crippen LogP contribution in [0.3, 0.4) is 0 Å². The molecule has 2 unspecified atom stereocenters. The molecule has 7 nitrogen and oxygen atoms in total. The fourth-order valence-electron chi connectivity index (χ4n) is 3.12. The van der Waals surface area contributed by atoms with E-state index in [1.165, 1.54) is 6.42 Å². The second-order valence-electron chi connectivity index (χ2n) is 6.09. The summed E-state index contributed by atoms with van der Waals surface area (Å²) in [5.41, 5.74) is 0. The summed E-state index contributed by atoms with van der Waals surface area (Å²) < 4.78 is 5.19. The van der Waals surface area contributed by atoms with E-state index in [0.717, 1.165) is 38.9 Å². The van der Waals surface area contributed by atoms with E-state index in [2.05, 4.69) is 32.7 Å². The van der Waals surface area contributed by atoms with Crippen LogP contribution >= 0.6 is 0 Å². The van der Waals surface area contributed by atoms with Crippen LogP contribution in [0.15, 0.2) is 4.52 Å². The van der Waals surface area contributed by atoms with Gasteiger partial charge in [-0.25, -0.2) is 0 Å². The molecule has 0 aromatic carbocycles. The summed E-state index contributed by atoms with van der Waals surface area (Å²) in [5.74, 6) is 0.935. The zero-order valence-corrected chi connectivity index (χ0v) is 12.5. The predicted molar refractivity (Wildman–Crippen MR) is 76.8 cm³/mol. The third-order valence-electron chi connectivity index (χ3n) is 4.28. The Morgan fingerprint density at radius 1 is 1.48 bits per heavy atom. The molecule has 1 aromatic rings. The summed E-state index contributed by atoms with van der Waals surface area (Å²) in [4.78, 5) is 18.6. The maximum absolute atomic E-state index is 12.1. The lowest BCUT2D eigenvalue weighted by Crippen LogP contribution is -2.39. The number of carbonyl (C=O) groups excluding carboxylic acids is 1. The number of nitrogens with one attached hydrogen (secondary N) is 2. The molecular formula is C14H23N5O2. The van der Waals surface area contributed by atoms with E-state index in [1.807, 2.05) is 0 Å². The molecule has 0 radical (unpaired) electrons. The van der Waals surface area contributed by atoms with E-state index in [0.29, 0.717) is 18.4 Å². The Morgan fingerprint density at radius 2 is 2.38 bits per heavy atom. The highest BCUT2D eigenvalue weighted by molar-refractivity contribution is 5.90. The molecule has 2 atom stereocenters. The summed E-state index contributed by atoms with van der Waals surface area (Å²) in [5, 5.41) is 9.99. The van der Waals surface area contributed by atoms with Crippen molar-refractivity contribution in [3.05, 3.63) is 11.7 Å². The Morgan fingerprint density at radius 3 is 3.14 bits per heavy atom. The number of aromatic nitrogens is 2. The minimum atomic E-state index is -0.240. The monoisotopic (exact) mass is 293 g/mol. The molecule has 3 rings (SSSR count). The molecule has 116 valence electrons. The van der Waals surface area contributed by atoms with Gasteiger partial charge in [0.15, 0.2) is 0 Å². The van der Waals surface area contributed by atoms with Crippen molar-refractivity contribution in [2.45, 2.75) is 31.7 Å². The van der Waals surface area contributed by atoms with Gasteiger partial charge in [-0.05, 0) is 51.7 Å². The first kappa shape index (κ1) is 14.5. The van der Waals surface area contributed by atoms with Crippen molar-refractivity contribution in [2.24, 2.45) is 5.92 Å². The van der Waals surface area contributed by atoms with E-state index in [4.69, 9.17) is 4.52 Å². The van der Waals surface area contributed by atoms with Crippen LogP contribution in [0.4, 0.5) is 0 Å². The lowest BCUT2D eigenvalue weighted by Gasteiger charge is -2.29. The molecule has 0 saturated carbocycles. The fourth-order valence-corrected chi connectivity index (χ4v) is 3.12. The highest BCUT2D eigenvalue weighted by Gasteiger charge is 2.25. The van der Waals surface area contributed by atoms with Crippen LogP contribution in [0.2, 0.25) is 0 Å². The van der Waals surface area contributed by atoms with Gasteiger partial charge in [0.25, 0.3) is 11.7 Å². The number of likely N-dealkylation sites (tertiary alicyclic amines) is 1. The maximum Gasteiger partial charge on any atom is 0.292 e. The molecule has 3 heterocycles. The molecule has 2 fully saturated rings. The van der Waals surface area contributed by atoms with Gasteiger partial charge in [-0.3, -0.25) is 4.79 Å². The second kappa shape index (κ2) is 6.53. The highest BCUT2D eigenvalue weighted by Crippen LogP contribution is 2.21. The Bertz CT molecular complexity index is 483. The van der Waals surface area contributed by atoms with Crippen LogP contribution in [0.1, 0.15) is 48.2 Å². The molecule has 0 aliphatic carbocycles. The number of carbonyl (C=O) groups is 1. The van der Waals surface area contributed by atoms with Crippen LogP contribution in [-0.2, 0) is 0 Å². The quantitative estimate of drug-likeness (QED) is 0.844. The average molecular weight is 293 g/mol. The Kier molecular flexibility index (Phi) is 4.50. The zero-order valence-electron chi connectivity index (χ0n) is 12.5. The highest BCUT2D eigenvalue weighted by atomic mass is 16.5. The SMILES string of the molecule is CN1CCCC(CNC(=O)c2noc(C3CCCN3)n2)C1. The van der Waals surface area contributed by atoms with Crippen LogP contribution in [-0.4, -0.2) is 54.2 Å². The molecule has 2 N–H and O–H groups in total. The van der Waals surface area contributed by atoms with Gasteiger partial charge in [0.2, 0.25) is 5.89 Å². The van der Waals surface area contributed by atoms with E-state index < -0.39 is 0 Å². The summed E-state index contributed by atoms with van der Waals surface area (Å²) in [6, 6.07) is 0.103. The number of hydrogen-bond acceptors (Lipinski definition) is 6. The average Bonchev–Trinajstić information content (AvgIpc) is 3.15. The molecule has 0 bridgehead atoms. The molecule has 2 aliphatic rings. The minimum Gasteiger partial charge on any atom is -0.349 e. The van der Waals surface area contributed by atoms with Crippen molar-refractivity contribution in [2.75, 3.05) is 33.2 Å². The minimum absolute atomic E-state index is 0.103. The van der Waals surface area contributed by atoms with Gasteiger partial charge >= 0.3 is 0 Å². The van der Waals surface area contributed by atoms with Crippen LogP contribution < -0.4 is 10.6 Å². The van der Waals surface area contributed by atoms with Crippen molar-refractivity contribution in [1.82, 2.24) is 25.7 Å². The third kappa shape index (κ3) is 3.59. The summed E-state index contributed by atoms with van der Waals surface area (Å²) >= 11 is 0. The van der Waals surface area contributed by atoms with Crippen LogP contribution in [0.5, 0.6) is 0 Å².